The van der Waals surface area contributed by atoms with Crippen molar-refractivity contribution in [1.82, 2.24) is 0 Å². The highest BCUT2D eigenvalue weighted by Gasteiger charge is 2.49. The first-order valence-corrected chi connectivity index (χ1v) is 6.84. The third-order valence-electron chi connectivity index (χ3n) is 3.01. The summed E-state index contributed by atoms with van der Waals surface area (Å²) in [6.07, 6.45) is -2.82. The maximum absolute atomic E-state index is 13.7. The number of hydrogen-bond donors (Lipinski definition) is 2. The summed E-state index contributed by atoms with van der Waals surface area (Å²) in [5, 5.41) is 20.4. The molecular weight excluding hydrogens is 295 g/mol. The Bertz CT molecular complexity index is 533. The minimum atomic E-state index is -2.63. The molecule has 0 heterocycles. The normalized spacial score (nSPS) is 14.8. The van der Waals surface area contributed by atoms with Crippen LogP contribution in [0.15, 0.2) is 24.3 Å². The number of esters is 2. The van der Waals surface area contributed by atoms with Crippen molar-refractivity contribution in [3.8, 4) is 0 Å². The van der Waals surface area contributed by atoms with E-state index in [0.717, 1.165) is 6.07 Å². The van der Waals surface area contributed by atoms with Crippen LogP contribution in [0, 0.1) is 5.82 Å². The topological polar surface area (TPSA) is 93.1 Å². The lowest BCUT2D eigenvalue weighted by Crippen LogP contribution is -2.56. The van der Waals surface area contributed by atoms with Crippen molar-refractivity contribution in [3.05, 3.63) is 35.6 Å². The molecule has 7 heteroatoms. The quantitative estimate of drug-likeness (QED) is 0.715. The molecule has 0 bridgehead atoms. The zero-order valence-corrected chi connectivity index (χ0v) is 12.4. The summed E-state index contributed by atoms with van der Waals surface area (Å²) in [5.74, 6) is -3.09. The van der Waals surface area contributed by atoms with Crippen LogP contribution in [0.3, 0.4) is 0 Å². The molecular formula is C15H19FO6. The van der Waals surface area contributed by atoms with Crippen LogP contribution in [0.2, 0.25) is 0 Å². The molecule has 122 valence electrons. The van der Waals surface area contributed by atoms with Crippen LogP contribution < -0.4 is 0 Å². The van der Waals surface area contributed by atoms with Gasteiger partial charge in [0.25, 0.3) is 0 Å². The predicted octanol–water partition coefficient (Wildman–Crippen LogP) is 0.586. The molecule has 6 nitrogen and oxygen atoms in total. The van der Waals surface area contributed by atoms with Crippen molar-refractivity contribution in [3.63, 3.8) is 0 Å². The molecule has 0 spiro atoms. The van der Waals surface area contributed by atoms with Crippen molar-refractivity contribution in [2.75, 3.05) is 13.2 Å². The number of halogens is 1. The van der Waals surface area contributed by atoms with E-state index in [1.165, 1.54) is 32.0 Å². The fourth-order valence-electron chi connectivity index (χ4n) is 1.88. The van der Waals surface area contributed by atoms with E-state index in [-0.39, 0.29) is 18.8 Å². The van der Waals surface area contributed by atoms with Crippen molar-refractivity contribution in [1.29, 1.82) is 0 Å². The van der Waals surface area contributed by atoms with Crippen molar-refractivity contribution < 1.29 is 33.7 Å². The largest absolute Gasteiger partial charge is 0.464 e. The number of aliphatic hydroxyl groups excluding tert-OH is 1. The minimum absolute atomic E-state index is 0.0404. The van der Waals surface area contributed by atoms with Gasteiger partial charge in [0.05, 0.1) is 13.2 Å². The van der Waals surface area contributed by atoms with E-state index < -0.39 is 35.9 Å². The molecule has 1 aromatic rings. The average Bonchev–Trinajstić information content (AvgIpc) is 2.49. The van der Waals surface area contributed by atoms with Gasteiger partial charge in [-0.05, 0) is 25.5 Å². The third-order valence-corrected chi connectivity index (χ3v) is 3.01. The lowest BCUT2D eigenvalue weighted by Gasteiger charge is -2.29. The molecule has 0 aromatic heterocycles. The summed E-state index contributed by atoms with van der Waals surface area (Å²) in [7, 11) is 0. The van der Waals surface area contributed by atoms with Gasteiger partial charge in [0.15, 0.2) is 6.10 Å². The number of benzene rings is 1. The van der Waals surface area contributed by atoms with Crippen molar-refractivity contribution in [2.45, 2.75) is 32.0 Å². The van der Waals surface area contributed by atoms with Crippen LogP contribution in [0.1, 0.15) is 19.4 Å². The van der Waals surface area contributed by atoms with E-state index in [9.17, 15) is 24.2 Å². The van der Waals surface area contributed by atoms with Gasteiger partial charge in [-0.3, -0.25) is 0 Å². The molecule has 0 saturated heterocycles. The molecule has 0 fully saturated rings. The standard InChI is InChI=1S/C15H19FO6/c1-3-21-13(18)12(17)15(20,14(19)22-4-2)9-10-7-5-6-8-11(10)16/h5-8,12,17,20H,3-4,9H2,1-2H3/t12-,15+/m1/s1. The van der Waals surface area contributed by atoms with Gasteiger partial charge < -0.3 is 19.7 Å². The second-order valence-corrected chi connectivity index (χ2v) is 4.57. The number of ether oxygens (including phenoxy) is 2. The van der Waals surface area contributed by atoms with E-state index in [4.69, 9.17) is 0 Å². The summed E-state index contributed by atoms with van der Waals surface area (Å²) < 4.78 is 23.0. The van der Waals surface area contributed by atoms with Crippen molar-refractivity contribution in [2.24, 2.45) is 0 Å². The smallest absolute Gasteiger partial charge is 0.341 e. The Kier molecular flexibility index (Phi) is 6.45. The highest BCUT2D eigenvalue weighted by atomic mass is 19.1. The molecule has 1 aromatic carbocycles. The van der Waals surface area contributed by atoms with E-state index in [1.807, 2.05) is 0 Å². The third kappa shape index (κ3) is 4.02. The highest BCUT2D eigenvalue weighted by molar-refractivity contribution is 5.89. The Labute approximate surface area is 127 Å². The summed E-state index contributed by atoms with van der Waals surface area (Å²) in [6, 6.07) is 5.40. The first-order chi connectivity index (χ1) is 10.4. The second kappa shape index (κ2) is 7.86. The first-order valence-electron chi connectivity index (χ1n) is 6.84. The van der Waals surface area contributed by atoms with Gasteiger partial charge in [-0.15, -0.1) is 0 Å². The summed E-state index contributed by atoms with van der Waals surface area (Å²) >= 11 is 0. The Morgan fingerprint density at radius 1 is 1.23 bits per heavy atom. The Morgan fingerprint density at radius 2 is 1.82 bits per heavy atom. The van der Waals surface area contributed by atoms with Crippen LogP contribution >= 0.6 is 0 Å². The minimum Gasteiger partial charge on any atom is -0.464 e. The van der Waals surface area contributed by atoms with Crippen molar-refractivity contribution >= 4 is 11.9 Å². The predicted molar refractivity (Wildman–Crippen MR) is 74.3 cm³/mol. The van der Waals surface area contributed by atoms with E-state index >= 15 is 0 Å². The monoisotopic (exact) mass is 314 g/mol. The van der Waals surface area contributed by atoms with E-state index in [0.29, 0.717) is 0 Å². The maximum Gasteiger partial charge on any atom is 0.341 e. The molecule has 0 aliphatic heterocycles. The molecule has 1 rings (SSSR count). The highest BCUT2D eigenvalue weighted by Crippen LogP contribution is 2.23. The maximum atomic E-state index is 13.7. The van der Waals surface area contributed by atoms with Gasteiger partial charge in [-0.1, -0.05) is 18.2 Å². The van der Waals surface area contributed by atoms with Crippen LogP contribution in [0.25, 0.3) is 0 Å². The molecule has 2 N–H and O–H groups in total. The number of aliphatic hydroxyl groups is 2. The van der Waals surface area contributed by atoms with Gasteiger partial charge in [-0.25, -0.2) is 14.0 Å². The average molecular weight is 314 g/mol. The fraction of sp³-hybridized carbons (Fsp3) is 0.467. The molecule has 0 aliphatic carbocycles. The number of carbonyl (C=O) groups is 2. The molecule has 22 heavy (non-hydrogen) atoms. The summed E-state index contributed by atoms with van der Waals surface area (Å²) in [5.41, 5.74) is -2.67. The van der Waals surface area contributed by atoms with Crippen LogP contribution in [-0.2, 0) is 25.5 Å². The zero-order valence-electron chi connectivity index (χ0n) is 12.4. The lowest BCUT2D eigenvalue weighted by atomic mass is 9.88. The molecule has 0 saturated carbocycles. The number of hydrogen-bond acceptors (Lipinski definition) is 6. The molecule has 2 atom stereocenters. The molecule has 0 unspecified atom stereocenters. The van der Waals surface area contributed by atoms with E-state index in [2.05, 4.69) is 9.47 Å². The summed E-state index contributed by atoms with van der Waals surface area (Å²) in [4.78, 5) is 23.6. The molecule has 0 radical (unpaired) electrons. The molecule has 0 amide bonds. The van der Waals surface area contributed by atoms with Gasteiger partial charge in [0.2, 0.25) is 5.60 Å². The molecule has 0 aliphatic rings. The number of rotatable bonds is 7. The lowest BCUT2D eigenvalue weighted by molar-refractivity contribution is -0.189. The van der Waals surface area contributed by atoms with Gasteiger partial charge >= 0.3 is 11.9 Å². The summed E-state index contributed by atoms with van der Waals surface area (Å²) in [6.45, 7) is 2.88. The van der Waals surface area contributed by atoms with Gasteiger partial charge in [0.1, 0.15) is 5.82 Å². The van der Waals surface area contributed by atoms with Gasteiger partial charge in [0, 0.05) is 6.42 Å². The SMILES string of the molecule is CCOC(=O)[C@@H](O)[C@@](O)(Cc1ccccc1F)C(=O)OCC. The van der Waals surface area contributed by atoms with Crippen LogP contribution in [-0.4, -0.2) is 47.1 Å². The first kappa shape index (κ1) is 18.1. The second-order valence-electron chi connectivity index (χ2n) is 4.57. The van der Waals surface area contributed by atoms with Crippen LogP contribution in [0.4, 0.5) is 4.39 Å². The van der Waals surface area contributed by atoms with E-state index in [1.54, 1.807) is 0 Å². The Hall–Kier alpha value is -1.99. The van der Waals surface area contributed by atoms with Crippen LogP contribution in [0.5, 0.6) is 0 Å². The fourth-order valence-corrected chi connectivity index (χ4v) is 1.88. The van der Waals surface area contributed by atoms with Gasteiger partial charge in [-0.2, -0.15) is 0 Å². The number of carbonyl (C=O) groups excluding carboxylic acids is 2. The zero-order chi connectivity index (χ0) is 16.8. The Balaban J connectivity index is 3.14. The Morgan fingerprint density at radius 3 is 2.36 bits per heavy atom.